The number of aromatic amines is 1. The van der Waals surface area contributed by atoms with E-state index in [4.69, 9.17) is 5.26 Å². The van der Waals surface area contributed by atoms with Crippen LogP contribution in [0.4, 0.5) is 5.69 Å². The number of aryl methyl sites for hydroxylation is 1. The molecule has 3 aromatic rings. The maximum absolute atomic E-state index is 12.4. The number of nitrogens with one attached hydrogen (secondary N) is 3. The van der Waals surface area contributed by atoms with E-state index >= 15 is 0 Å². The molecular weight excluding hydrogens is 328 g/mol. The summed E-state index contributed by atoms with van der Waals surface area (Å²) in [6.07, 6.45) is 0. The summed E-state index contributed by atoms with van der Waals surface area (Å²) in [5.41, 5.74) is 2.24. The van der Waals surface area contributed by atoms with Gasteiger partial charge in [-0.05, 0) is 36.8 Å². The fourth-order valence-electron chi connectivity index (χ4n) is 2.49. The molecule has 26 heavy (non-hydrogen) atoms. The van der Waals surface area contributed by atoms with Crippen molar-refractivity contribution in [3.63, 3.8) is 0 Å². The summed E-state index contributed by atoms with van der Waals surface area (Å²) in [5.74, 6) is 1.01. The van der Waals surface area contributed by atoms with E-state index in [0.717, 1.165) is 11.3 Å². The number of nitriles is 1. The van der Waals surface area contributed by atoms with Gasteiger partial charge in [-0.3, -0.25) is 9.89 Å². The van der Waals surface area contributed by atoms with Crippen LogP contribution in [0.5, 0.6) is 0 Å². The average molecular weight is 346 g/mol. The SMILES string of the molecule is Cc1nc([C@H](NC(=O)CNc2ccc(C#N)cc2)c2ccccc2)n[nH]1. The van der Waals surface area contributed by atoms with E-state index in [1.807, 2.05) is 37.3 Å². The Balaban J connectivity index is 1.68. The Kier molecular flexibility index (Phi) is 5.25. The van der Waals surface area contributed by atoms with Gasteiger partial charge >= 0.3 is 0 Å². The molecule has 7 nitrogen and oxygen atoms in total. The molecule has 0 saturated heterocycles. The van der Waals surface area contributed by atoms with E-state index in [9.17, 15) is 4.79 Å². The molecule has 0 aliphatic carbocycles. The number of carbonyl (C=O) groups is 1. The number of nitrogens with zero attached hydrogens (tertiary/aromatic N) is 3. The van der Waals surface area contributed by atoms with Crippen LogP contribution in [0.3, 0.4) is 0 Å². The Hall–Kier alpha value is -3.66. The van der Waals surface area contributed by atoms with Crippen molar-refractivity contribution in [2.75, 3.05) is 11.9 Å². The minimum absolute atomic E-state index is 0.0959. The van der Waals surface area contributed by atoms with Crippen molar-refractivity contribution in [2.45, 2.75) is 13.0 Å². The number of hydrogen-bond donors (Lipinski definition) is 3. The number of H-pyrrole nitrogens is 1. The van der Waals surface area contributed by atoms with E-state index in [1.165, 1.54) is 0 Å². The lowest BCUT2D eigenvalue weighted by Crippen LogP contribution is -2.34. The molecule has 0 saturated carbocycles. The summed E-state index contributed by atoms with van der Waals surface area (Å²) in [4.78, 5) is 16.8. The number of aromatic nitrogens is 3. The van der Waals surface area contributed by atoms with Gasteiger partial charge in [-0.1, -0.05) is 30.3 Å². The van der Waals surface area contributed by atoms with E-state index in [0.29, 0.717) is 17.2 Å². The van der Waals surface area contributed by atoms with Gasteiger partial charge in [0.05, 0.1) is 18.2 Å². The van der Waals surface area contributed by atoms with Crippen molar-refractivity contribution >= 4 is 11.6 Å². The summed E-state index contributed by atoms with van der Waals surface area (Å²) in [6, 6.07) is 18.1. The summed E-state index contributed by atoms with van der Waals surface area (Å²) in [7, 11) is 0. The van der Waals surface area contributed by atoms with Crippen molar-refractivity contribution in [1.82, 2.24) is 20.5 Å². The summed E-state index contributed by atoms with van der Waals surface area (Å²) in [5, 5.41) is 21.8. The van der Waals surface area contributed by atoms with Gasteiger partial charge in [0.25, 0.3) is 0 Å². The zero-order chi connectivity index (χ0) is 18.4. The maximum atomic E-state index is 12.4. The highest BCUT2D eigenvalue weighted by molar-refractivity contribution is 5.81. The maximum Gasteiger partial charge on any atom is 0.240 e. The highest BCUT2D eigenvalue weighted by atomic mass is 16.2. The van der Waals surface area contributed by atoms with Crippen molar-refractivity contribution in [2.24, 2.45) is 0 Å². The average Bonchev–Trinajstić information content (AvgIpc) is 3.11. The Labute approximate surface area is 151 Å². The van der Waals surface area contributed by atoms with Crippen LogP contribution in [0.1, 0.15) is 28.8 Å². The third kappa shape index (κ3) is 4.24. The number of amides is 1. The second-order valence-corrected chi connectivity index (χ2v) is 5.73. The van der Waals surface area contributed by atoms with Crippen LogP contribution >= 0.6 is 0 Å². The van der Waals surface area contributed by atoms with Gasteiger partial charge in [-0.2, -0.15) is 10.4 Å². The molecule has 7 heteroatoms. The Bertz CT molecular complexity index is 911. The molecule has 2 aromatic carbocycles. The summed E-state index contributed by atoms with van der Waals surface area (Å²) >= 11 is 0. The van der Waals surface area contributed by atoms with E-state index in [2.05, 4.69) is 31.9 Å². The monoisotopic (exact) mass is 346 g/mol. The quantitative estimate of drug-likeness (QED) is 0.635. The first-order valence-electron chi connectivity index (χ1n) is 8.13. The Morgan fingerprint density at radius 2 is 1.92 bits per heavy atom. The minimum Gasteiger partial charge on any atom is -0.376 e. The van der Waals surface area contributed by atoms with Crippen LogP contribution in [0.15, 0.2) is 54.6 Å². The molecule has 0 aliphatic rings. The number of rotatable bonds is 6. The molecule has 0 bridgehead atoms. The molecule has 0 fully saturated rings. The standard InChI is InChI=1S/C19H18N6O/c1-13-22-19(25-24-13)18(15-5-3-2-4-6-15)23-17(26)12-21-16-9-7-14(11-20)8-10-16/h2-10,18,21H,12H2,1H3,(H,23,26)(H,22,24,25)/t18-/m1/s1. The topological polar surface area (TPSA) is 106 Å². The first-order chi connectivity index (χ1) is 12.7. The molecule has 0 unspecified atom stereocenters. The van der Waals surface area contributed by atoms with Gasteiger partial charge in [0.15, 0.2) is 5.82 Å². The van der Waals surface area contributed by atoms with Gasteiger partial charge in [0, 0.05) is 5.69 Å². The number of carbonyl (C=O) groups excluding carboxylic acids is 1. The first-order valence-corrected chi connectivity index (χ1v) is 8.13. The Morgan fingerprint density at radius 3 is 2.54 bits per heavy atom. The molecule has 1 atom stereocenters. The van der Waals surface area contributed by atoms with Crippen LogP contribution in [0.2, 0.25) is 0 Å². The molecule has 0 spiro atoms. The molecule has 130 valence electrons. The number of anilines is 1. The zero-order valence-corrected chi connectivity index (χ0v) is 14.2. The lowest BCUT2D eigenvalue weighted by atomic mass is 10.1. The molecule has 0 aliphatic heterocycles. The molecule has 3 rings (SSSR count). The molecule has 1 heterocycles. The molecule has 1 amide bonds. The first kappa shape index (κ1) is 17.2. The smallest absolute Gasteiger partial charge is 0.240 e. The predicted molar refractivity (Wildman–Crippen MR) is 97.2 cm³/mol. The van der Waals surface area contributed by atoms with Gasteiger partial charge in [0.2, 0.25) is 5.91 Å². The third-order valence-electron chi connectivity index (χ3n) is 3.78. The van der Waals surface area contributed by atoms with Crippen molar-refractivity contribution in [3.8, 4) is 6.07 Å². The van der Waals surface area contributed by atoms with Crippen LogP contribution in [-0.4, -0.2) is 27.6 Å². The van der Waals surface area contributed by atoms with Gasteiger partial charge in [-0.15, -0.1) is 0 Å². The molecular formula is C19H18N6O. The van der Waals surface area contributed by atoms with Crippen molar-refractivity contribution in [1.29, 1.82) is 5.26 Å². The highest BCUT2D eigenvalue weighted by Crippen LogP contribution is 2.18. The summed E-state index contributed by atoms with van der Waals surface area (Å²) in [6.45, 7) is 1.91. The van der Waals surface area contributed by atoms with Crippen LogP contribution < -0.4 is 10.6 Å². The van der Waals surface area contributed by atoms with E-state index in [1.54, 1.807) is 24.3 Å². The van der Waals surface area contributed by atoms with Crippen LogP contribution in [-0.2, 0) is 4.79 Å². The van der Waals surface area contributed by atoms with Crippen LogP contribution in [0.25, 0.3) is 0 Å². The predicted octanol–water partition coefficient (Wildman–Crippen LogP) is 2.30. The second kappa shape index (κ2) is 7.94. The van der Waals surface area contributed by atoms with E-state index < -0.39 is 6.04 Å². The second-order valence-electron chi connectivity index (χ2n) is 5.73. The lowest BCUT2D eigenvalue weighted by Gasteiger charge is -2.17. The number of hydrogen-bond acceptors (Lipinski definition) is 5. The molecule has 0 radical (unpaired) electrons. The van der Waals surface area contributed by atoms with Gasteiger partial charge < -0.3 is 10.6 Å². The minimum atomic E-state index is -0.434. The fourth-order valence-corrected chi connectivity index (χ4v) is 2.49. The summed E-state index contributed by atoms with van der Waals surface area (Å²) < 4.78 is 0. The van der Waals surface area contributed by atoms with Gasteiger partial charge in [0.1, 0.15) is 11.9 Å². The highest BCUT2D eigenvalue weighted by Gasteiger charge is 2.20. The third-order valence-corrected chi connectivity index (χ3v) is 3.78. The van der Waals surface area contributed by atoms with Crippen molar-refractivity contribution < 1.29 is 4.79 Å². The van der Waals surface area contributed by atoms with Crippen LogP contribution in [0, 0.1) is 18.3 Å². The van der Waals surface area contributed by atoms with E-state index in [-0.39, 0.29) is 12.5 Å². The van der Waals surface area contributed by atoms with Crippen molar-refractivity contribution in [3.05, 3.63) is 77.4 Å². The molecule has 3 N–H and O–H groups in total. The molecule has 1 aromatic heterocycles. The zero-order valence-electron chi connectivity index (χ0n) is 14.2. The lowest BCUT2D eigenvalue weighted by molar-refractivity contribution is -0.119. The van der Waals surface area contributed by atoms with Gasteiger partial charge in [-0.25, -0.2) is 4.98 Å². The Morgan fingerprint density at radius 1 is 1.19 bits per heavy atom. The number of benzene rings is 2. The fraction of sp³-hybridized carbons (Fsp3) is 0.158. The largest absolute Gasteiger partial charge is 0.376 e. The normalized spacial score (nSPS) is 11.4.